The van der Waals surface area contributed by atoms with Crippen molar-refractivity contribution < 1.29 is 9.53 Å². The standard InChI is InChI=1S/C11H17N5O2/c1-18-11-10(13-2-3-14-11)16-6-4-15(5-7-16)8-9(12)17/h2-3H,4-8H2,1H3,(H2,12,17). The van der Waals surface area contributed by atoms with Gasteiger partial charge in [-0.25, -0.2) is 9.97 Å². The second kappa shape index (κ2) is 5.63. The summed E-state index contributed by atoms with van der Waals surface area (Å²) < 4.78 is 5.19. The number of primary amides is 1. The summed E-state index contributed by atoms with van der Waals surface area (Å²) in [5, 5.41) is 0. The van der Waals surface area contributed by atoms with Crippen LogP contribution in [0.1, 0.15) is 0 Å². The topological polar surface area (TPSA) is 84.6 Å². The molecule has 0 aromatic carbocycles. The number of amides is 1. The first kappa shape index (κ1) is 12.6. The molecule has 1 fully saturated rings. The summed E-state index contributed by atoms with van der Waals surface area (Å²) in [7, 11) is 1.58. The molecule has 0 unspecified atom stereocenters. The molecule has 0 saturated carbocycles. The molecule has 1 aromatic rings. The number of methoxy groups -OCH3 is 1. The Bertz CT molecular complexity index is 418. The van der Waals surface area contributed by atoms with Crippen molar-refractivity contribution in [1.29, 1.82) is 0 Å². The van der Waals surface area contributed by atoms with Gasteiger partial charge in [0.25, 0.3) is 5.88 Å². The van der Waals surface area contributed by atoms with Crippen molar-refractivity contribution in [1.82, 2.24) is 14.9 Å². The number of carbonyl (C=O) groups is 1. The fourth-order valence-electron chi connectivity index (χ4n) is 2.02. The third-order valence-electron chi connectivity index (χ3n) is 2.89. The molecule has 0 aliphatic carbocycles. The molecule has 2 N–H and O–H groups in total. The lowest BCUT2D eigenvalue weighted by Crippen LogP contribution is -2.49. The summed E-state index contributed by atoms with van der Waals surface area (Å²) in [5.41, 5.74) is 5.18. The van der Waals surface area contributed by atoms with Crippen molar-refractivity contribution in [3.63, 3.8) is 0 Å². The maximum atomic E-state index is 10.8. The molecule has 18 heavy (non-hydrogen) atoms. The zero-order valence-electron chi connectivity index (χ0n) is 10.4. The molecule has 0 atom stereocenters. The monoisotopic (exact) mass is 251 g/mol. The first-order chi connectivity index (χ1) is 8.70. The van der Waals surface area contributed by atoms with E-state index in [9.17, 15) is 4.79 Å². The van der Waals surface area contributed by atoms with Crippen LogP contribution in [0.2, 0.25) is 0 Å². The molecule has 1 aliphatic heterocycles. The number of anilines is 1. The maximum absolute atomic E-state index is 10.8. The summed E-state index contributed by atoms with van der Waals surface area (Å²) in [6.07, 6.45) is 3.25. The molecule has 1 aliphatic rings. The molecule has 0 radical (unpaired) electrons. The Labute approximate surface area is 106 Å². The van der Waals surface area contributed by atoms with E-state index in [1.165, 1.54) is 0 Å². The highest BCUT2D eigenvalue weighted by Crippen LogP contribution is 2.22. The molecule has 2 heterocycles. The summed E-state index contributed by atoms with van der Waals surface area (Å²) in [6, 6.07) is 0. The van der Waals surface area contributed by atoms with Crippen LogP contribution in [0.25, 0.3) is 0 Å². The summed E-state index contributed by atoms with van der Waals surface area (Å²) in [4.78, 5) is 23.4. The van der Waals surface area contributed by atoms with Gasteiger partial charge in [-0.3, -0.25) is 9.69 Å². The van der Waals surface area contributed by atoms with E-state index in [4.69, 9.17) is 10.5 Å². The van der Waals surface area contributed by atoms with Crippen molar-refractivity contribution in [2.75, 3.05) is 44.7 Å². The van der Waals surface area contributed by atoms with Gasteiger partial charge < -0.3 is 15.4 Å². The van der Waals surface area contributed by atoms with E-state index in [1.807, 2.05) is 4.90 Å². The van der Waals surface area contributed by atoms with Gasteiger partial charge >= 0.3 is 0 Å². The number of rotatable bonds is 4. The summed E-state index contributed by atoms with van der Waals surface area (Å²) in [6.45, 7) is 3.43. The fourth-order valence-corrected chi connectivity index (χ4v) is 2.02. The Morgan fingerprint density at radius 2 is 2.00 bits per heavy atom. The molecular formula is C11H17N5O2. The highest BCUT2D eigenvalue weighted by molar-refractivity contribution is 5.75. The molecule has 0 spiro atoms. The normalized spacial score (nSPS) is 16.6. The third-order valence-corrected chi connectivity index (χ3v) is 2.89. The van der Waals surface area contributed by atoms with E-state index in [0.717, 1.165) is 32.0 Å². The highest BCUT2D eigenvalue weighted by atomic mass is 16.5. The largest absolute Gasteiger partial charge is 0.478 e. The minimum Gasteiger partial charge on any atom is -0.478 e. The van der Waals surface area contributed by atoms with Gasteiger partial charge in [0.1, 0.15) is 0 Å². The van der Waals surface area contributed by atoms with Gasteiger partial charge in [0.2, 0.25) is 5.91 Å². The number of aromatic nitrogens is 2. The molecular weight excluding hydrogens is 234 g/mol. The quantitative estimate of drug-likeness (QED) is 0.746. The van der Waals surface area contributed by atoms with Crippen molar-refractivity contribution >= 4 is 11.7 Å². The summed E-state index contributed by atoms with van der Waals surface area (Å²) in [5.74, 6) is 0.986. The van der Waals surface area contributed by atoms with Crippen LogP contribution in [0.3, 0.4) is 0 Å². The number of hydrogen-bond acceptors (Lipinski definition) is 6. The van der Waals surface area contributed by atoms with Crippen molar-refractivity contribution in [2.24, 2.45) is 5.73 Å². The molecule has 1 aromatic heterocycles. The molecule has 7 nitrogen and oxygen atoms in total. The van der Waals surface area contributed by atoms with Gasteiger partial charge in [-0.15, -0.1) is 0 Å². The lowest BCUT2D eigenvalue weighted by molar-refractivity contribution is -0.119. The number of nitrogens with two attached hydrogens (primary N) is 1. The second-order valence-corrected chi connectivity index (χ2v) is 4.12. The van der Waals surface area contributed by atoms with Crippen LogP contribution < -0.4 is 15.4 Å². The SMILES string of the molecule is COc1nccnc1N1CCN(CC(N)=O)CC1. The van der Waals surface area contributed by atoms with E-state index in [1.54, 1.807) is 19.5 Å². The molecule has 98 valence electrons. The first-order valence-corrected chi connectivity index (χ1v) is 5.81. The van der Waals surface area contributed by atoms with Crippen LogP contribution >= 0.6 is 0 Å². The molecule has 0 bridgehead atoms. The van der Waals surface area contributed by atoms with E-state index in [0.29, 0.717) is 12.4 Å². The smallest absolute Gasteiger partial charge is 0.257 e. The zero-order chi connectivity index (χ0) is 13.0. The van der Waals surface area contributed by atoms with Crippen LogP contribution in [0, 0.1) is 0 Å². The Morgan fingerprint density at radius 3 is 2.61 bits per heavy atom. The number of piperazine rings is 1. The maximum Gasteiger partial charge on any atom is 0.257 e. The van der Waals surface area contributed by atoms with E-state index < -0.39 is 0 Å². The Morgan fingerprint density at radius 1 is 1.33 bits per heavy atom. The van der Waals surface area contributed by atoms with Crippen LogP contribution in [-0.4, -0.2) is 60.6 Å². The Hall–Kier alpha value is -1.89. The Balaban J connectivity index is 1.99. The fraction of sp³-hybridized carbons (Fsp3) is 0.545. The first-order valence-electron chi connectivity index (χ1n) is 5.81. The van der Waals surface area contributed by atoms with E-state index in [-0.39, 0.29) is 5.91 Å². The number of nitrogens with zero attached hydrogens (tertiary/aromatic N) is 4. The number of hydrogen-bond donors (Lipinski definition) is 1. The van der Waals surface area contributed by atoms with Crippen LogP contribution in [0.4, 0.5) is 5.82 Å². The van der Waals surface area contributed by atoms with Gasteiger partial charge in [-0.1, -0.05) is 0 Å². The number of ether oxygens (including phenoxy) is 1. The van der Waals surface area contributed by atoms with E-state index in [2.05, 4.69) is 14.9 Å². The van der Waals surface area contributed by atoms with Gasteiger partial charge in [-0.05, 0) is 0 Å². The van der Waals surface area contributed by atoms with Gasteiger partial charge in [0.05, 0.1) is 13.7 Å². The van der Waals surface area contributed by atoms with Crippen LogP contribution in [-0.2, 0) is 4.79 Å². The molecule has 1 saturated heterocycles. The lowest BCUT2D eigenvalue weighted by Gasteiger charge is -2.34. The molecule has 7 heteroatoms. The predicted octanol–water partition coefficient (Wildman–Crippen LogP) is -0.907. The molecule has 2 rings (SSSR count). The van der Waals surface area contributed by atoms with Crippen molar-refractivity contribution in [3.05, 3.63) is 12.4 Å². The van der Waals surface area contributed by atoms with Crippen molar-refractivity contribution in [3.8, 4) is 5.88 Å². The van der Waals surface area contributed by atoms with Crippen LogP contribution in [0.15, 0.2) is 12.4 Å². The van der Waals surface area contributed by atoms with E-state index >= 15 is 0 Å². The third kappa shape index (κ3) is 2.86. The average Bonchev–Trinajstić information content (AvgIpc) is 2.39. The second-order valence-electron chi connectivity index (χ2n) is 4.12. The van der Waals surface area contributed by atoms with Gasteiger partial charge in [0, 0.05) is 38.6 Å². The minimum atomic E-state index is -0.291. The average molecular weight is 251 g/mol. The van der Waals surface area contributed by atoms with Crippen LogP contribution in [0.5, 0.6) is 5.88 Å². The predicted molar refractivity (Wildman–Crippen MR) is 66.4 cm³/mol. The Kier molecular flexibility index (Phi) is 3.93. The van der Waals surface area contributed by atoms with Gasteiger partial charge in [0.15, 0.2) is 5.82 Å². The zero-order valence-corrected chi connectivity index (χ0v) is 10.4. The lowest BCUT2D eigenvalue weighted by atomic mass is 10.3. The summed E-state index contributed by atoms with van der Waals surface area (Å²) >= 11 is 0. The van der Waals surface area contributed by atoms with Gasteiger partial charge in [-0.2, -0.15) is 0 Å². The minimum absolute atomic E-state index is 0.291. The molecule has 1 amide bonds. The number of carbonyl (C=O) groups excluding carboxylic acids is 1. The van der Waals surface area contributed by atoms with Crippen molar-refractivity contribution in [2.45, 2.75) is 0 Å². The highest BCUT2D eigenvalue weighted by Gasteiger charge is 2.21.